The molecule has 0 amide bonds. The molecule has 19 heavy (non-hydrogen) atoms. The first kappa shape index (κ1) is 13.2. The minimum absolute atomic E-state index is 0.417. The highest BCUT2D eigenvalue weighted by molar-refractivity contribution is 5.23. The number of nitrogens with zero attached hydrogens (tertiary/aromatic N) is 1. The van der Waals surface area contributed by atoms with Crippen molar-refractivity contribution in [3.05, 3.63) is 35.9 Å². The van der Waals surface area contributed by atoms with Crippen LogP contribution in [0.15, 0.2) is 30.3 Å². The molecule has 0 unspecified atom stereocenters. The van der Waals surface area contributed by atoms with Gasteiger partial charge in [0.05, 0.1) is 20.1 Å². The Kier molecular flexibility index (Phi) is 3.66. The van der Waals surface area contributed by atoms with E-state index < -0.39 is 0 Å². The van der Waals surface area contributed by atoms with Crippen LogP contribution in [-0.4, -0.2) is 24.6 Å². The fourth-order valence-electron chi connectivity index (χ4n) is 4.66. The van der Waals surface area contributed by atoms with Gasteiger partial charge in [0.25, 0.3) is 0 Å². The highest BCUT2D eigenvalue weighted by Gasteiger charge is 2.50. The molecule has 0 N–H and O–H groups in total. The molecule has 1 saturated carbocycles. The van der Waals surface area contributed by atoms with Gasteiger partial charge in [-0.2, -0.15) is 0 Å². The molecule has 0 radical (unpaired) electrons. The molecule has 1 aliphatic heterocycles. The van der Waals surface area contributed by atoms with E-state index in [0.29, 0.717) is 5.54 Å². The van der Waals surface area contributed by atoms with Crippen molar-refractivity contribution in [2.75, 3.05) is 20.1 Å². The smallest absolute Gasteiger partial charge is 0.125 e. The lowest BCUT2D eigenvalue weighted by atomic mass is 9.73. The van der Waals surface area contributed by atoms with Crippen LogP contribution in [0.4, 0.5) is 0 Å². The van der Waals surface area contributed by atoms with E-state index in [1.165, 1.54) is 68.9 Å². The van der Waals surface area contributed by atoms with Gasteiger partial charge in [0.2, 0.25) is 0 Å². The minimum Gasteiger partial charge on any atom is -0.317 e. The summed E-state index contributed by atoms with van der Waals surface area (Å²) in [6.45, 7) is 2.77. The molecule has 3 rings (SSSR count). The molecule has 2 aliphatic rings. The predicted octanol–water partition coefficient (Wildman–Crippen LogP) is 4.48. The number of benzene rings is 1. The van der Waals surface area contributed by atoms with E-state index in [2.05, 4.69) is 37.4 Å². The van der Waals surface area contributed by atoms with Gasteiger partial charge in [0.15, 0.2) is 0 Å². The Hall–Kier alpha value is -0.820. The second kappa shape index (κ2) is 5.28. The summed E-state index contributed by atoms with van der Waals surface area (Å²) in [7, 11) is 2.54. The molecule has 0 spiro atoms. The van der Waals surface area contributed by atoms with Crippen molar-refractivity contribution in [2.24, 2.45) is 0 Å². The number of rotatable bonds is 2. The van der Waals surface area contributed by atoms with Gasteiger partial charge in [-0.15, -0.1) is 0 Å². The third-order valence-electron chi connectivity index (χ3n) is 5.83. The van der Waals surface area contributed by atoms with E-state index in [4.69, 9.17) is 0 Å². The summed E-state index contributed by atoms with van der Waals surface area (Å²) in [4.78, 5) is 0. The van der Waals surface area contributed by atoms with E-state index >= 15 is 0 Å². The minimum atomic E-state index is 0.417. The van der Waals surface area contributed by atoms with Gasteiger partial charge in [-0.25, -0.2) is 0 Å². The van der Waals surface area contributed by atoms with Crippen molar-refractivity contribution >= 4 is 0 Å². The first-order valence-corrected chi connectivity index (χ1v) is 8.17. The fourth-order valence-corrected chi connectivity index (χ4v) is 4.66. The topological polar surface area (TPSA) is 0 Å². The van der Waals surface area contributed by atoms with E-state index in [1.807, 2.05) is 0 Å². The molecule has 1 aromatic carbocycles. The first-order valence-electron chi connectivity index (χ1n) is 8.17. The lowest BCUT2D eigenvalue weighted by molar-refractivity contribution is -0.973. The molecule has 1 saturated heterocycles. The Labute approximate surface area is 118 Å². The maximum absolute atomic E-state index is 2.54. The number of piperidine rings is 1. The average Bonchev–Trinajstić information content (AvgIpc) is 2.49. The zero-order chi connectivity index (χ0) is 13.2. The van der Waals surface area contributed by atoms with Crippen LogP contribution in [0.25, 0.3) is 0 Å². The predicted molar refractivity (Wildman–Crippen MR) is 81.0 cm³/mol. The van der Waals surface area contributed by atoms with Crippen LogP contribution in [0.3, 0.4) is 0 Å². The lowest BCUT2D eigenvalue weighted by Gasteiger charge is -2.55. The second-order valence-electron chi connectivity index (χ2n) is 6.86. The van der Waals surface area contributed by atoms with E-state index in [-0.39, 0.29) is 0 Å². The molecule has 1 aromatic rings. The monoisotopic (exact) mass is 258 g/mol. The van der Waals surface area contributed by atoms with Crippen molar-refractivity contribution < 1.29 is 4.48 Å². The van der Waals surface area contributed by atoms with Crippen molar-refractivity contribution in [1.29, 1.82) is 0 Å². The maximum Gasteiger partial charge on any atom is 0.125 e. The third kappa shape index (κ3) is 2.23. The first-order chi connectivity index (χ1) is 9.27. The molecule has 1 heterocycles. The van der Waals surface area contributed by atoms with Gasteiger partial charge in [-0.1, -0.05) is 36.8 Å². The molecule has 0 atom stereocenters. The summed E-state index contributed by atoms with van der Waals surface area (Å²) >= 11 is 0. The Bertz CT molecular complexity index is 397. The average molecular weight is 258 g/mol. The molecular weight excluding hydrogens is 230 g/mol. The molecule has 2 fully saturated rings. The van der Waals surface area contributed by atoms with Gasteiger partial charge < -0.3 is 4.48 Å². The SMILES string of the molecule is C[N+]1(C2(c3ccccc3)CCCCC2)CCCCC1. The summed E-state index contributed by atoms with van der Waals surface area (Å²) in [5.41, 5.74) is 2.03. The largest absolute Gasteiger partial charge is 0.317 e. The molecule has 104 valence electrons. The number of hydrogen-bond donors (Lipinski definition) is 0. The van der Waals surface area contributed by atoms with Crippen LogP contribution in [0.1, 0.15) is 56.9 Å². The number of hydrogen-bond acceptors (Lipinski definition) is 0. The van der Waals surface area contributed by atoms with E-state index in [0.717, 1.165) is 0 Å². The molecule has 1 aliphatic carbocycles. The third-order valence-corrected chi connectivity index (χ3v) is 5.83. The van der Waals surface area contributed by atoms with Crippen LogP contribution in [0.2, 0.25) is 0 Å². The van der Waals surface area contributed by atoms with Crippen molar-refractivity contribution in [1.82, 2.24) is 0 Å². The van der Waals surface area contributed by atoms with Crippen LogP contribution in [-0.2, 0) is 5.54 Å². The van der Waals surface area contributed by atoms with Gasteiger partial charge in [-0.3, -0.25) is 0 Å². The summed E-state index contributed by atoms with van der Waals surface area (Å²) in [5, 5.41) is 0. The number of likely N-dealkylation sites (tertiary alicyclic amines) is 1. The molecule has 0 bridgehead atoms. The lowest BCUT2D eigenvalue weighted by Crippen LogP contribution is -2.62. The zero-order valence-electron chi connectivity index (χ0n) is 12.4. The van der Waals surface area contributed by atoms with Gasteiger partial charge in [0, 0.05) is 18.4 Å². The molecule has 1 nitrogen and oxygen atoms in total. The zero-order valence-corrected chi connectivity index (χ0v) is 12.4. The summed E-state index contributed by atoms with van der Waals surface area (Å²) in [6.07, 6.45) is 11.4. The normalized spacial score (nSPS) is 25.9. The fraction of sp³-hybridized carbons (Fsp3) is 0.667. The second-order valence-corrected chi connectivity index (χ2v) is 6.86. The van der Waals surface area contributed by atoms with Gasteiger partial charge in [0.1, 0.15) is 5.54 Å². The van der Waals surface area contributed by atoms with Crippen molar-refractivity contribution in [3.8, 4) is 0 Å². The highest BCUT2D eigenvalue weighted by Crippen LogP contribution is 2.47. The summed E-state index contributed by atoms with van der Waals surface area (Å²) in [6, 6.07) is 11.4. The van der Waals surface area contributed by atoms with Crippen LogP contribution in [0, 0.1) is 0 Å². The number of quaternary nitrogens is 1. The quantitative estimate of drug-likeness (QED) is 0.686. The Morgan fingerprint density at radius 2 is 1.37 bits per heavy atom. The van der Waals surface area contributed by atoms with Crippen molar-refractivity contribution in [3.63, 3.8) is 0 Å². The standard InChI is InChI=1S/C18H28N/c1-19(15-9-4-10-16-19)18(13-7-3-8-14-18)17-11-5-2-6-12-17/h2,5-6,11-12H,3-4,7-10,13-16H2,1H3/q+1. The van der Waals surface area contributed by atoms with Gasteiger partial charge >= 0.3 is 0 Å². The Balaban J connectivity index is 2.01. The van der Waals surface area contributed by atoms with E-state index in [9.17, 15) is 0 Å². The molecule has 1 heteroatoms. The van der Waals surface area contributed by atoms with Crippen LogP contribution < -0.4 is 0 Å². The molecular formula is C18H28N+. The highest BCUT2D eigenvalue weighted by atomic mass is 15.4. The molecule has 0 aromatic heterocycles. The maximum atomic E-state index is 2.54. The summed E-state index contributed by atoms with van der Waals surface area (Å²) in [5.74, 6) is 0. The Morgan fingerprint density at radius 3 is 2.00 bits per heavy atom. The summed E-state index contributed by atoms with van der Waals surface area (Å²) < 4.78 is 1.30. The van der Waals surface area contributed by atoms with E-state index in [1.54, 1.807) is 5.56 Å². The van der Waals surface area contributed by atoms with Crippen LogP contribution >= 0.6 is 0 Å². The van der Waals surface area contributed by atoms with Crippen LogP contribution in [0.5, 0.6) is 0 Å². The Morgan fingerprint density at radius 1 is 0.789 bits per heavy atom. The van der Waals surface area contributed by atoms with Crippen molar-refractivity contribution in [2.45, 2.75) is 56.9 Å². The van der Waals surface area contributed by atoms with Gasteiger partial charge in [-0.05, 0) is 32.1 Å².